The van der Waals surface area contributed by atoms with E-state index in [-0.39, 0.29) is 0 Å². The Morgan fingerprint density at radius 2 is 2.14 bits per heavy atom. The molecule has 0 amide bonds. The van der Waals surface area contributed by atoms with Crippen LogP contribution in [0.1, 0.15) is 18.5 Å². The van der Waals surface area contributed by atoms with E-state index in [0.29, 0.717) is 12.1 Å². The quantitative estimate of drug-likeness (QED) is 0.803. The Labute approximate surface area is 81.2 Å². The maximum Gasteiger partial charge on any atom is 0.159 e. The Hall–Kier alpha value is -1.47. The highest BCUT2D eigenvalue weighted by atomic mass is 19.2. The third-order valence-electron chi connectivity index (χ3n) is 1.81. The van der Waals surface area contributed by atoms with Crippen LogP contribution >= 0.6 is 0 Å². The van der Waals surface area contributed by atoms with E-state index < -0.39 is 17.7 Å². The lowest BCUT2D eigenvalue weighted by Crippen LogP contribution is -2.19. The molecule has 0 radical (unpaired) electrons. The number of hydrogen-bond donors (Lipinski definition) is 1. The van der Waals surface area contributed by atoms with Crippen LogP contribution < -0.4 is 5.32 Å². The molecule has 0 saturated heterocycles. The molecule has 0 aliphatic rings. The predicted molar refractivity (Wildman–Crippen MR) is 48.4 cm³/mol. The standard InChI is InChI=1S/C10H10F2N2/c1-2-14-10(6-13)7-3-4-8(11)9(12)5-7/h3-5,10,14H,2H2,1H3. The van der Waals surface area contributed by atoms with Crippen LogP contribution in [0.5, 0.6) is 0 Å². The van der Waals surface area contributed by atoms with Crippen molar-refractivity contribution in [3.05, 3.63) is 35.4 Å². The Balaban J connectivity index is 2.95. The van der Waals surface area contributed by atoms with Gasteiger partial charge in [0.2, 0.25) is 0 Å². The van der Waals surface area contributed by atoms with Crippen molar-refractivity contribution in [2.45, 2.75) is 13.0 Å². The molecule has 1 atom stereocenters. The third-order valence-corrected chi connectivity index (χ3v) is 1.81. The van der Waals surface area contributed by atoms with E-state index >= 15 is 0 Å². The summed E-state index contributed by atoms with van der Waals surface area (Å²) in [5.41, 5.74) is 0.438. The third kappa shape index (κ3) is 2.27. The largest absolute Gasteiger partial charge is 0.298 e. The van der Waals surface area contributed by atoms with Gasteiger partial charge in [-0.1, -0.05) is 13.0 Å². The number of benzene rings is 1. The predicted octanol–water partition coefficient (Wildman–Crippen LogP) is 2.14. The van der Waals surface area contributed by atoms with Gasteiger partial charge in [0, 0.05) is 0 Å². The van der Waals surface area contributed by atoms with Crippen molar-refractivity contribution in [3.8, 4) is 6.07 Å². The molecule has 0 aliphatic carbocycles. The molecule has 0 spiro atoms. The SMILES string of the molecule is CCNC(C#N)c1ccc(F)c(F)c1. The first-order chi connectivity index (χ1) is 6.69. The molecule has 0 aliphatic heterocycles. The zero-order valence-corrected chi connectivity index (χ0v) is 7.72. The molecule has 0 saturated carbocycles. The number of nitrogens with zero attached hydrogens (tertiary/aromatic N) is 1. The summed E-state index contributed by atoms with van der Waals surface area (Å²) in [6.07, 6.45) is 0. The lowest BCUT2D eigenvalue weighted by Gasteiger charge is -2.09. The summed E-state index contributed by atoms with van der Waals surface area (Å²) in [7, 11) is 0. The van der Waals surface area contributed by atoms with Crippen molar-refractivity contribution < 1.29 is 8.78 Å². The number of nitriles is 1. The minimum atomic E-state index is -0.930. The maximum absolute atomic E-state index is 12.8. The number of nitrogens with one attached hydrogen (secondary N) is 1. The zero-order chi connectivity index (χ0) is 10.6. The number of hydrogen-bond acceptors (Lipinski definition) is 2. The first-order valence-corrected chi connectivity index (χ1v) is 4.27. The van der Waals surface area contributed by atoms with Gasteiger partial charge in [-0.05, 0) is 24.2 Å². The molecule has 1 aromatic rings. The lowest BCUT2D eigenvalue weighted by atomic mass is 10.1. The molecule has 0 bridgehead atoms. The zero-order valence-electron chi connectivity index (χ0n) is 7.72. The Bertz CT molecular complexity index is 358. The first kappa shape index (κ1) is 10.6. The molecular formula is C10H10F2N2. The molecule has 14 heavy (non-hydrogen) atoms. The van der Waals surface area contributed by atoms with Gasteiger partial charge in [-0.15, -0.1) is 0 Å². The maximum atomic E-state index is 12.8. The fraction of sp³-hybridized carbons (Fsp3) is 0.300. The fourth-order valence-electron chi connectivity index (χ4n) is 1.13. The van der Waals surface area contributed by atoms with E-state index in [4.69, 9.17) is 5.26 Å². The molecule has 2 nitrogen and oxygen atoms in total. The molecule has 74 valence electrons. The summed E-state index contributed by atoms with van der Waals surface area (Å²) in [4.78, 5) is 0. The second-order valence-electron chi connectivity index (χ2n) is 2.79. The molecule has 1 unspecified atom stereocenters. The Morgan fingerprint density at radius 3 is 2.64 bits per heavy atom. The summed E-state index contributed by atoms with van der Waals surface area (Å²) in [5.74, 6) is -1.83. The normalized spacial score (nSPS) is 12.1. The van der Waals surface area contributed by atoms with Crippen LogP contribution in [-0.4, -0.2) is 6.54 Å². The molecule has 4 heteroatoms. The van der Waals surface area contributed by atoms with Crippen molar-refractivity contribution in [2.75, 3.05) is 6.54 Å². The summed E-state index contributed by atoms with van der Waals surface area (Å²) in [6.45, 7) is 2.43. The molecule has 0 aromatic heterocycles. The van der Waals surface area contributed by atoms with Gasteiger partial charge in [-0.25, -0.2) is 8.78 Å². The summed E-state index contributed by atoms with van der Waals surface area (Å²) < 4.78 is 25.4. The van der Waals surface area contributed by atoms with E-state index in [1.165, 1.54) is 6.07 Å². The monoisotopic (exact) mass is 196 g/mol. The average Bonchev–Trinajstić information content (AvgIpc) is 2.19. The van der Waals surface area contributed by atoms with E-state index in [0.717, 1.165) is 12.1 Å². The van der Waals surface area contributed by atoms with E-state index in [1.807, 2.05) is 13.0 Å². The highest BCUT2D eigenvalue weighted by Gasteiger charge is 2.11. The summed E-state index contributed by atoms with van der Waals surface area (Å²) in [5, 5.41) is 11.6. The van der Waals surface area contributed by atoms with Crippen LogP contribution in [0.4, 0.5) is 8.78 Å². The topological polar surface area (TPSA) is 35.8 Å². The van der Waals surface area contributed by atoms with E-state index in [1.54, 1.807) is 0 Å². The minimum absolute atomic E-state index is 0.438. The van der Waals surface area contributed by atoms with Gasteiger partial charge < -0.3 is 0 Å². The highest BCUT2D eigenvalue weighted by Crippen LogP contribution is 2.15. The van der Waals surface area contributed by atoms with Gasteiger partial charge >= 0.3 is 0 Å². The Kier molecular flexibility index (Phi) is 3.55. The average molecular weight is 196 g/mol. The van der Waals surface area contributed by atoms with Crippen LogP contribution in [0.2, 0.25) is 0 Å². The molecule has 1 N–H and O–H groups in total. The smallest absolute Gasteiger partial charge is 0.159 e. The van der Waals surface area contributed by atoms with E-state index in [9.17, 15) is 8.78 Å². The molecule has 1 aromatic carbocycles. The Morgan fingerprint density at radius 1 is 1.43 bits per heavy atom. The second kappa shape index (κ2) is 4.68. The van der Waals surface area contributed by atoms with Crippen molar-refractivity contribution in [1.82, 2.24) is 5.32 Å². The van der Waals surface area contributed by atoms with Crippen molar-refractivity contribution in [1.29, 1.82) is 5.26 Å². The summed E-state index contributed by atoms with van der Waals surface area (Å²) in [6, 6.07) is 4.83. The lowest BCUT2D eigenvalue weighted by molar-refractivity contribution is 0.504. The minimum Gasteiger partial charge on any atom is -0.298 e. The van der Waals surface area contributed by atoms with Crippen LogP contribution in [0.25, 0.3) is 0 Å². The van der Waals surface area contributed by atoms with Gasteiger partial charge in [0.1, 0.15) is 6.04 Å². The van der Waals surface area contributed by atoms with Crippen LogP contribution in [0.3, 0.4) is 0 Å². The van der Waals surface area contributed by atoms with Crippen molar-refractivity contribution in [3.63, 3.8) is 0 Å². The van der Waals surface area contributed by atoms with Gasteiger partial charge in [0.05, 0.1) is 6.07 Å². The van der Waals surface area contributed by atoms with E-state index in [2.05, 4.69) is 5.32 Å². The van der Waals surface area contributed by atoms with Crippen molar-refractivity contribution >= 4 is 0 Å². The first-order valence-electron chi connectivity index (χ1n) is 4.27. The van der Waals surface area contributed by atoms with Gasteiger partial charge in [-0.3, -0.25) is 5.32 Å². The van der Waals surface area contributed by atoms with Crippen molar-refractivity contribution in [2.24, 2.45) is 0 Å². The van der Waals surface area contributed by atoms with Crippen LogP contribution in [0, 0.1) is 23.0 Å². The molecule has 0 heterocycles. The molecular weight excluding hydrogens is 186 g/mol. The molecule has 1 rings (SSSR count). The van der Waals surface area contributed by atoms with Gasteiger partial charge in [0.25, 0.3) is 0 Å². The van der Waals surface area contributed by atoms with Gasteiger partial charge in [0.15, 0.2) is 11.6 Å². The van der Waals surface area contributed by atoms with Crippen LogP contribution in [0.15, 0.2) is 18.2 Å². The summed E-state index contributed by atoms with van der Waals surface area (Å²) >= 11 is 0. The number of halogens is 2. The number of rotatable bonds is 3. The highest BCUT2D eigenvalue weighted by molar-refractivity contribution is 5.25. The molecule has 0 fully saturated rings. The second-order valence-corrected chi connectivity index (χ2v) is 2.79. The van der Waals surface area contributed by atoms with Crippen LogP contribution in [-0.2, 0) is 0 Å². The fourth-order valence-corrected chi connectivity index (χ4v) is 1.13. The van der Waals surface area contributed by atoms with Gasteiger partial charge in [-0.2, -0.15) is 5.26 Å².